The van der Waals surface area contributed by atoms with E-state index in [1.807, 2.05) is 29.7 Å². The Morgan fingerprint density at radius 1 is 1.32 bits per heavy atom. The van der Waals surface area contributed by atoms with Crippen LogP contribution >= 0.6 is 11.6 Å². The van der Waals surface area contributed by atoms with Crippen molar-refractivity contribution in [3.05, 3.63) is 57.5 Å². The number of benzene rings is 1. The Bertz CT molecular complexity index is 1220. The Balaban J connectivity index is 0.000000151. The number of H-pyrrole nitrogens is 1. The zero-order chi connectivity index (χ0) is 19.8. The summed E-state index contributed by atoms with van der Waals surface area (Å²) in [5, 5.41) is 2.10. The van der Waals surface area contributed by atoms with E-state index in [1.165, 1.54) is 12.0 Å². The largest absolute Gasteiger partial charge is 0.382 e. The molecule has 5 rings (SSSR count). The fraction of sp³-hybridized carbons (Fsp3) is 0.300. The lowest BCUT2D eigenvalue weighted by atomic mass is 10.1. The Morgan fingerprint density at radius 3 is 2.82 bits per heavy atom. The summed E-state index contributed by atoms with van der Waals surface area (Å²) in [6.07, 6.45) is 4.73. The van der Waals surface area contributed by atoms with E-state index in [1.54, 1.807) is 0 Å². The van der Waals surface area contributed by atoms with E-state index in [9.17, 15) is 4.79 Å². The van der Waals surface area contributed by atoms with Crippen molar-refractivity contribution in [3.63, 3.8) is 0 Å². The van der Waals surface area contributed by atoms with Gasteiger partial charge >= 0.3 is 0 Å². The summed E-state index contributed by atoms with van der Waals surface area (Å²) in [4.78, 5) is 26.8. The van der Waals surface area contributed by atoms with Crippen LogP contribution in [0.5, 0.6) is 0 Å². The predicted molar refractivity (Wildman–Crippen MR) is 112 cm³/mol. The number of nitrogens with two attached hydrogens (primary N) is 1. The predicted octanol–water partition coefficient (Wildman–Crippen LogP) is 3.80. The Hall–Kier alpha value is -2.93. The molecule has 0 atom stereocenters. The highest BCUT2D eigenvalue weighted by molar-refractivity contribution is 6.28. The maximum Gasteiger partial charge on any atom is 0.259 e. The molecule has 3 N–H and O–H groups in total. The van der Waals surface area contributed by atoms with Gasteiger partial charge in [-0.05, 0) is 54.8 Å². The topological polar surface area (TPSA) is 102 Å². The zero-order valence-electron chi connectivity index (χ0n) is 15.7. The van der Waals surface area contributed by atoms with E-state index >= 15 is 0 Å². The first-order chi connectivity index (χ1) is 13.5. The third kappa shape index (κ3) is 3.33. The van der Waals surface area contributed by atoms with Gasteiger partial charge in [-0.25, -0.2) is 4.98 Å². The van der Waals surface area contributed by atoms with Crippen LogP contribution in [0.4, 0.5) is 5.82 Å². The van der Waals surface area contributed by atoms with Gasteiger partial charge in [0.05, 0.1) is 11.7 Å². The third-order valence-electron chi connectivity index (χ3n) is 4.93. The number of rotatable bonds is 2. The highest BCUT2D eigenvalue weighted by Gasteiger charge is 2.27. The molecule has 0 aliphatic heterocycles. The van der Waals surface area contributed by atoms with E-state index in [-0.39, 0.29) is 10.8 Å². The molecule has 144 valence electrons. The molecule has 0 amide bonds. The maximum absolute atomic E-state index is 12.6. The summed E-state index contributed by atoms with van der Waals surface area (Å²) in [6.45, 7) is 4.14. The number of halogens is 1. The normalized spacial score (nSPS) is 13.5. The van der Waals surface area contributed by atoms with Gasteiger partial charge in [-0.15, -0.1) is 0 Å². The number of aromatic amines is 1. The van der Waals surface area contributed by atoms with Crippen LogP contribution in [0.2, 0.25) is 5.28 Å². The van der Waals surface area contributed by atoms with Gasteiger partial charge in [0.1, 0.15) is 5.52 Å². The van der Waals surface area contributed by atoms with E-state index < -0.39 is 0 Å². The molecule has 0 unspecified atom stereocenters. The van der Waals surface area contributed by atoms with E-state index in [4.69, 9.17) is 17.3 Å². The number of fused-ring (bicyclic) bond motifs is 2. The van der Waals surface area contributed by atoms with Crippen LogP contribution in [0.15, 0.2) is 35.4 Å². The zero-order valence-corrected chi connectivity index (χ0v) is 16.5. The van der Waals surface area contributed by atoms with E-state index in [2.05, 4.69) is 32.9 Å². The van der Waals surface area contributed by atoms with Crippen molar-refractivity contribution in [1.29, 1.82) is 0 Å². The molecule has 7 nitrogen and oxygen atoms in total. The second-order valence-electron chi connectivity index (χ2n) is 6.91. The van der Waals surface area contributed by atoms with Crippen molar-refractivity contribution in [2.24, 2.45) is 0 Å². The summed E-state index contributed by atoms with van der Waals surface area (Å²) in [5.74, 6) is 0.317. The quantitative estimate of drug-likeness (QED) is 0.502. The van der Waals surface area contributed by atoms with Crippen molar-refractivity contribution >= 4 is 39.4 Å². The average Bonchev–Trinajstić information content (AvgIpc) is 3.38. The van der Waals surface area contributed by atoms with Crippen LogP contribution in [0, 0.1) is 6.92 Å². The first-order valence-electron chi connectivity index (χ1n) is 9.25. The number of aryl methyl sites for hydroxylation is 2. The number of pyridine rings is 1. The number of nitrogens with zero attached hydrogens (tertiary/aromatic N) is 4. The third-order valence-corrected chi connectivity index (χ3v) is 5.10. The van der Waals surface area contributed by atoms with Gasteiger partial charge in [-0.1, -0.05) is 25.1 Å². The monoisotopic (exact) mass is 396 g/mol. The van der Waals surface area contributed by atoms with Crippen LogP contribution < -0.4 is 11.3 Å². The van der Waals surface area contributed by atoms with Crippen LogP contribution in [-0.2, 0) is 6.42 Å². The fourth-order valence-corrected chi connectivity index (χ4v) is 3.61. The minimum Gasteiger partial charge on any atom is -0.382 e. The second kappa shape index (κ2) is 7.24. The van der Waals surface area contributed by atoms with Crippen LogP contribution in [-0.4, -0.2) is 24.5 Å². The number of imidazole rings is 1. The Morgan fingerprint density at radius 2 is 2.11 bits per heavy atom. The van der Waals surface area contributed by atoms with Crippen molar-refractivity contribution in [3.8, 4) is 0 Å². The number of nitrogen functional groups attached to an aromatic ring is 1. The number of aromatic nitrogens is 5. The minimum absolute atomic E-state index is 0.113. The van der Waals surface area contributed by atoms with Crippen LogP contribution in [0.25, 0.3) is 21.9 Å². The molecule has 4 aromatic rings. The van der Waals surface area contributed by atoms with E-state index in [0.717, 1.165) is 35.6 Å². The molecule has 0 radical (unpaired) electrons. The lowest BCUT2D eigenvalue weighted by Gasteiger charge is -2.13. The SMILES string of the molecule is CCc1cc2cccc(C)c2c(=O)n1C1CC1.Nc1nc(Cl)nc2nc[nH]c12. The molecule has 0 saturated heterocycles. The molecular weight excluding hydrogens is 376 g/mol. The molecule has 3 heterocycles. The van der Waals surface area contributed by atoms with Gasteiger partial charge in [-0.2, -0.15) is 9.97 Å². The van der Waals surface area contributed by atoms with Crippen LogP contribution in [0.1, 0.15) is 37.1 Å². The fourth-order valence-electron chi connectivity index (χ4n) is 3.44. The van der Waals surface area contributed by atoms with Crippen molar-refractivity contribution in [2.45, 2.75) is 39.2 Å². The lowest BCUT2D eigenvalue weighted by molar-refractivity contribution is 0.670. The van der Waals surface area contributed by atoms with Crippen molar-refractivity contribution in [2.75, 3.05) is 5.73 Å². The highest BCUT2D eigenvalue weighted by Crippen LogP contribution is 2.35. The molecular formula is C20H21ClN6O. The number of hydrogen-bond donors (Lipinski definition) is 2. The smallest absolute Gasteiger partial charge is 0.259 e. The van der Waals surface area contributed by atoms with Crippen molar-refractivity contribution in [1.82, 2.24) is 24.5 Å². The van der Waals surface area contributed by atoms with Crippen molar-refractivity contribution < 1.29 is 0 Å². The standard InChI is InChI=1S/C15H17NO.C5H4ClN5/c1-3-12-9-11-6-4-5-10(2)14(11)15(17)16(12)13-7-8-13;6-5-10-3(7)2-4(11-5)9-1-8-2/h4-6,9,13H,3,7-8H2,1-2H3;1H,(H3,7,8,9,10,11). The summed E-state index contributed by atoms with van der Waals surface area (Å²) in [5.41, 5.74) is 9.08. The van der Waals surface area contributed by atoms with Gasteiger partial charge in [0.15, 0.2) is 11.5 Å². The summed E-state index contributed by atoms with van der Waals surface area (Å²) in [7, 11) is 0. The van der Waals surface area contributed by atoms with Gasteiger partial charge in [-0.3, -0.25) is 4.79 Å². The molecule has 1 aliphatic rings. The molecule has 1 aliphatic carbocycles. The number of nitrogens with one attached hydrogen (secondary N) is 1. The Labute approximate surface area is 166 Å². The molecule has 0 spiro atoms. The molecule has 28 heavy (non-hydrogen) atoms. The molecule has 0 bridgehead atoms. The van der Waals surface area contributed by atoms with Gasteiger partial charge in [0.2, 0.25) is 5.28 Å². The summed E-state index contributed by atoms with van der Waals surface area (Å²) < 4.78 is 2.02. The first kappa shape index (κ1) is 18.4. The highest BCUT2D eigenvalue weighted by atomic mass is 35.5. The number of anilines is 1. The van der Waals surface area contributed by atoms with Gasteiger partial charge in [0.25, 0.3) is 5.56 Å². The molecule has 8 heteroatoms. The Kier molecular flexibility index (Phi) is 4.77. The first-order valence-corrected chi connectivity index (χ1v) is 9.63. The second-order valence-corrected chi connectivity index (χ2v) is 7.25. The molecule has 1 fully saturated rings. The summed E-state index contributed by atoms with van der Waals surface area (Å²) >= 11 is 5.52. The van der Waals surface area contributed by atoms with Gasteiger partial charge in [0, 0.05) is 11.7 Å². The maximum atomic E-state index is 12.6. The van der Waals surface area contributed by atoms with Crippen LogP contribution in [0.3, 0.4) is 0 Å². The number of hydrogen-bond acceptors (Lipinski definition) is 5. The molecule has 1 aromatic carbocycles. The lowest BCUT2D eigenvalue weighted by Crippen LogP contribution is -2.23. The summed E-state index contributed by atoms with van der Waals surface area (Å²) in [6, 6.07) is 8.73. The molecule has 1 saturated carbocycles. The van der Waals surface area contributed by atoms with E-state index in [0.29, 0.717) is 23.0 Å². The average molecular weight is 397 g/mol. The molecule has 3 aromatic heterocycles. The minimum atomic E-state index is 0.113. The van der Waals surface area contributed by atoms with Gasteiger partial charge < -0.3 is 15.3 Å².